The number of rotatable bonds is 11. The summed E-state index contributed by atoms with van der Waals surface area (Å²) in [4.78, 5) is 32.9. The molecule has 0 aliphatic carbocycles. The number of para-hydroxylation sites is 1. The lowest BCUT2D eigenvalue weighted by atomic mass is 10.1. The quantitative estimate of drug-likeness (QED) is 0.142. The van der Waals surface area contributed by atoms with Crippen molar-refractivity contribution in [1.29, 1.82) is 0 Å². The molecular weight excluding hydrogens is 550 g/mol. The molecule has 8 nitrogen and oxygen atoms in total. The van der Waals surface area contributed by atoms with E-state index in [0.717, 1.165) is 23.5 Å². The fourth-order valence-electron chi connectivity index (χ4n) is 4.82. The van der Waals surface area contributed by atoms with Crippen LogP contribution >= 0.6 is 11.8 Å². The minimum Gasteiger partial charge on any atom is -0.493 e. The van der Waals surface area contributed by atoms with Gasteiger partial charge in [-0.05, 0) is 79.5 Å². The number of benzene rings is 4. The summed E-state index contributed by atoms with van der Waals surface area (Å²) in [6.45, 7) is 1.96. The number of nitrogens with one attached hydrogen (secondary N) is 2. The van der Waals surface area contributed by atoms with Gasteiger partial charge in [0.25, 0.3) is 5.91 Å². The van der Waals surface area contributed by atoms with Gasteiger partial charge in [-0.3, -0.25) is 14.5 Å². The van der Waals surface area contributed by atoms with Crippen LogP contribution in [0.25, 0.3) is 21.8 Å². The van der Waals surface area contributed by atoms with Gasteiger partial charge in [-0.15, -0.1) is 11.8 Å². The van der Waals surface area contributed by atoms with Gasteiger partial charge in [0.2, 0.25) is 0 Å². The molecular formula is C33H33N3O5S. The highest BCUT2D eigenvalue weighted by atomic mass is 32.2. The van der Waals surface area contributed by atoms with Gasteiger partial charge in [-0.1, -0.05) is 18.2 Å². The van der Waals surface area contributed by atoms with Crippen molar-refractivity contribution in [2.45, 2.75) is 11.4 Å². The molecule has 42 heavy (non-hydrogen) atoms. The van der Waals surface area contributed by atoms with Crippen molar-refractivity contribution in [2.24, 2.45) is 0 Å². The molecule has 5 aromatic rings. The highest BCUT2D eigenvalue weighted by Gasteiger charge is 2.16. The van der Waals surface area contributed by atoms with Crippen LogP contribution in [0.1, 0.15) is 15.9 Å². The first-order valence-electron chi connectivity index (χ1n) is 13.5. The molecule has 0 aliphatic rings. The number of hydrogen-bond acceptors (Lipinski definition) is 7. The normalized spacial score (nSPS) is 11.2. The lowest BCUT2D eigenvalue weighted by molar-refractivity contribution is 0.102. The van der Waals surface area contributed by atoms with Gasteiger partial charge in [0.1, 0.15) is 12.4 Å². The zero-order valence-corrected chi connectivity index (χ0v) is 24.8. The third-order valence-electron chi connectivity index (χ3n) is 7.02. The standard InChI is InChI=1S/C33H33N3O5S/c1-36(20-21-9-14-29(39-2)30(17-21)40-3)15-16-41-23-12-10-22(11-13-23)34-33(38)27-19-24(42-4)18-26-31(27)35-28-8-6-5-7-25(28)32(26)37/h5-14,17-19H,15-16,20H2,1-4H3,(H,34,38)(H,35,37). The maximum Gasteiger partial charge on any atom is 0.257 e. The second-order valence-electron chi connectivity index (χ2n) is 9.85. The van der Waals surface area contributed by atoms with Crippen LogP contribution in [0.4, 0.5) is 5.69 Å². The van der Waals surface area contributed by atoms with Gasteiger partial charge >= 0.3 is 0 Å². The Balaban J connectivity index is 1.22. The number of likely N-dealkylation sites (N-methyl/N-ethyl adjacent to an activating group) is 1. The first kappa shape index (κ1) is 29.0. The van der Waals surface area contributed by atoms with Crippen LogP contribution in [-0.2, 0) is 6.54 Å². The maximum atomic E-state index is 13.4. The monoisotopic (exact) mass is 583 g/mol. The lowest BCUT2D eigenvalue weighted by Gasteiger charge is -2.18. The van der Waals surface area contributed by atoms with Crippen LogP contribution in [-0.4, -0.2) is 56.5 Å². The van der Waals surface area contributed by atoms with E-state index in [4.69, 9.17) is 14.2 Å². The molecule has 0 radical (unpaired) electrons. The number of hydrogen-bond donors (Lipinski definition) is 2. The number of H-pyrrole nitrogens is 1. The molecule has 0 fully saturated rings. The van der Waals surface area contributed by atoms with Crippen molar-refractivity contribution in [3.63, 3.8) is 0 Å². The molecule has 0 aliphatic heterocycles. The molecule has 0 saturated carbocycles. The summed E-state index contributed by atoms with van der Waals surface area (Å²) in [7, 11) is 5.28. The molecule has 1 heterocycles. The van der Waals surface area contributed by atoms with Crippen LogP contribution in [0.2, 0.25) is 0 Å². The Morgan fingerprint density at radius 3 is 2.43 bits per heavy atom. The highest BCUT2D eigenvalue weighted by Crippen LogP contribution is 2.28. The van der Waals surface area contributed by atoms with Gasteiger partial charge in [-0.2, -0.15) is 0 Å². The van der Waals surface area contributed by atoms with Crippen LogP contribution in [0.3, 0.4) is 0 Å². The number of aromatic amines is 1. The van der Waals surface area contributed by atoms with Gasteiger partial charge in [0, 0.05) is 40.0 Å². The van der Waals surface area contributed by atoms with Crippen LogP contribution in [0.15, 0.2) is 88.6 Å². The number of methoxy groups -OCH3 is 2. The van der Waals surface area contributed by atoms with Crippen molar-refractivity contribution in [3.8, 4) is 17.2 Å². The zero-order valence-electron chi connectivity index (χ0n) is 24.0. The number of anilines is 1. The summed E-state index contributed by atoms with van der Waals surface area (Å²) in [6, 6.07) is 24.1. The molecule has 0 atom stereocenters. The fraction of sp³-hybridized carbons (Fsp3) is 0.212. The molecule has 0 saturated heterocycles. The largest absolute Gasteiger partial charge is 0.493 e. The van der Waals surface area contributed by atoms with Gasteiger partial charge in [0.15, 0.2) is 16.9 Å². The average molecular weight is 584 g/mol. The van der Waals surface area contributed by atoms with Crippen molar-refractivity contribution in [2.75, 3.05) is 46.0 Å². The van der Waals surface area contributed by atoms with E-state index >= 15 is 0 Å². The number of pyridine rings is 1. The summed E-state index contributed by atoms with van der Waals surface area (Å²) in [5.41, 5.74) is 3.27. The molecule has 0 unspecified atom stereocenters. The molecule has 4 aromatic carbocycles. The summed E-state index contributed by atoms with van der Waals surface area (Å²) in [6.07, 6.45) is 1.92. The van der Waals surface area contributed by atoms with Crippen molar-refractivity contribution in [1.82, 2.24) is 9.88 Å². The molecule has 1 aromatic heterocycles. The van der Waals surface area contributed by atoms with E-state index in [1.807, 2.05) is 74.0 Å². The second-order valence-corrected chi connectivity index (χ2v) is 10.7. The number of thioether (sulfide) groups is 1. The zero-order chi connectivity index (χ0) is 29.6. The van der Waals surface area contributed by atoms with E-state index in [0.29, 0.717) is 56.9 Å². The Labute approximate surface area is 248 Å². The summed E-state index contributed by atoms with van der Waals surface area (Å²) in [5, 5.41) is 4.05. The predicted molar refractivity (Wildman–Crippen MR) is 170 cm³/mol. The predicted octanol–water partition coefficient (Wildman–Crippen LogP) is 6.18. The Bertz CT molecular complexity index is 1790. The number of carbonyl (C=O) groups excluding carboxylic acids is 1. The van der Waals surface area contributed by atoms with E-state index in [1.54, 1.807) is 32.4 Å². The molecule has 0 bridgehead atoms. The third-order valence-corrected chi connectivity index (χ3v) is 7.73. The first-order chi connectivity index (χ1) is 20.4. The molecule has 9 heteroatoms. The van der Waals surface area contributed by atoms with E-state index in [2.05, 4.69) is 15.2 Å². The van der Waals surface area contributed by atoms with E-state index in [-0.39, 0.29) is 11.3 Å². The Morgan fingerprint density at radius 2 is 1.69 bits per heavy atom. The molecule has 0 spiro atoms. The average Bonchev–Trinajstić information content (AvgIpc) is 3.01. The maximum absolute atomic E-state index is 13.4. The van der Waals surface area contributed by atoms with Crippen LogP contribution in [0, 0.1) is 0 Å². The van der Waals surface area contributed by atoms with Crippen molar-refractivity contribution in [3.05, 3.63) is 100 Å². The number of amides is 1. The minimum atomic E-state index is -0.299. The van der Waals surface area contributed by atoms with Crippen molar-refractivity contribution >= 4 is 45.2 Å². The number of carbonyl (C=O) groups is 1. The molecule has 1 amide bonds. The number of aromatic nitrogens is 1. The number of fused-ring (bicyclic) bond motifs is 2. The second kappa shape index (κ2) is 13.0. The SMILES string of the molecule is COc1ccc(CN(C)CCOc2ccc(NC(=O)c3cc(SC)cc4c(=O)c5ccccc5[nH]c34)cc2)cc1OC. The Hall–Kier alpha value is -4.47. The van der Waals surface area contributed by atoms with Gasteiger partial charge < -0.3 is 24.5 Å². The van der Waals surface area contributed by atoms with E-state index in [1.165, 1.54) is 11.8 Å². The minimum absolute atomic E-state index is 0.0971. The number of ether oxygens (including phenoxy) is 3. The van der Waals surface area contributed by atoms with Crippen molar-refractivity contribution < 1.29 is 19.0 Å². The van der Waals surface area contributed by atoms with Gasteiger partial charge in [-0.25, -0.2) is 0 Å². The molecule has 5 rings (SSSR count). The molecule has 2 N–H and O–H groups in total. The fourth-order valence-corrected chi connectivity index (χ4v) is 5.29. The topological polar surface area (TPSA) is 92.9 Å². The highest BCUT2D eigenvalue weighted by molar-refractivity contribution is 7.98. The summed E-state index contributed by atoms with van der Waals surface area (Å²) in [5.74, 6) is 1.82. The molecule has 216 valence electrons. The Morgan fingerprint density at radius 1 is 0.929 bits per heavy atom. The van der Waals surface area contributed by atoms with Crippen LogP contribution < -0.4 is 25.0 Å². The smallest absolute Gasteiger partial charge is 0.257 e. The lowest BCUT2D eigenvalue weighted by Crippen LogP contribution is -2.23. The van der Waals surface area contributed by atoms with Crippen LogP contribution in [0.5, 0.6) is 17.2 Å². The van der Waals surface area contributed by atoms with Gasteiger partial charge in [0.05, 0.1) is 25.3 Å². The number of nitrogens with zero attached hydrogens (tertiary/aromatic N) is 1. The Kier molecular flexibility index (Phi) is 9.00. The third kappa shape index (κ3) is 6.37. The summed E-state index contributed by atoms with van der Waals surface area (Å²) >= 11 is 1.49. The first-order valence-corrected chi connectivity index (χ1v) is 14.7. The van der Waals surface area contributed by atoms with E-state index < -0.39 is 0 Å². The van der Waals surface area contributed by atoms with E-state index in [9.17, 15) is 9.59 Å². The summed E-state index contributed by atoms with van der Waals surface area (Å²) < 4.78 is 16.6.